The van der Waals surface area contributed by atoms with Gasteiger partial charge in [-0.1, -0.05) is 25.1 Å². The second kappa shape index (κ2) is 3.70. The Labute approximate surface area is 112 Å². The van der Waals surface area contributed by atoms with E-state index in [2.05, 4.69) is 35.6 Å². The highest BCUT2D eigenvalue weighted by Gasteiger charge is 2.32. The second-order valence-corrected chi connectivity index (χ2v) is 5.89. The van der Waals surface area contributed by atoms with Gasteiger partial charge in [-0.25, -0.2) is 4.39 Å². The molecule has 2 aliphatic rings. The van der Waals surface area contributed by atoms with Gasteiger partial charge in [0, 0.05) is 30.2 Å². The SMILES string of the molecule is C[C@@H]1C=C2c3cccc4c(F)cn(c34)C[C@H]2N(C)C1. The van der Waals surface area contributed by atoms with Gasteiger partial charge in [-0.15, -0.1) is 0 Å². The molecule has 0 spiro atoms. The summed E-state index contributed by atoms with van der Waals surface area (Å²) in [5.41, 5.74) is 3.64. The van der Waals surface area contributed by atoms with Gasteiger partial charge in [-0.05, 0) is 24.6 Å². The normalized spacial score (nSPS) is 26.4. The molecule has 3 heterocycles. The Kier molecular flexibility index (Phi) is 2.19. The van der Waals surface area contributed by atoms with Crippen LogP contribution in [0.15, 0.2) is 30.5 Å². The van der Waals surface area contributed by atoms with Crippen LogP contribution in [0, 0.1) is 11.7 Å². The van der Waals surface area contributed by atoms with Crippen LogP contribution in [0.25, 0.3) is 16.5 Å². The van der Waals surface area contributed by atoms with E-state index in [1.165, 1.54) is 11.1 Å². The lowest BCUT2D eigenvalue weighted by Gasteiger charge is -2.39. The van der Waals surface area contributed by atoms with Crippen LogP contribution >= 0.6 is 0 Å². The zero-order chi connectivity index (χ0) is 13.1. The van der Waals surface area contributed by atoms with Crippen molar-refractivity contribution in [3.8, 4) is 0 Å². The topological polar surface area (TPSA) is 8.17 Å². The summed E-state index contributed by atoms with van der Waals surface area (Å²) in [5, 5.41) is 0.748. The molecule has 0 bridgehead atoms. The van der Waals surface area contributed by atoms with Crippen molar-refractivity contribution in [1.29, 1.82) is 0 Å². The Bertz CT molecular complexity index is 698. The molecule has 2 nitrogen and oxygen atoms in total. The molecule has 0 fully saturated rings. The fraction of sp³-hybridized carbons (Fsp3) is 0.375. The molecule has 2 atom stereocenters. The van der Waals surface area contributed by atoms with Gasteiger partial charge in [0.25, 0.3) is 0 Å². The third kappa shape index (κ3) is 1.45. The molecule has 0 unspecified atom stereocenters. The summed E-state index contributed by atoms with van der Waals surface area (Å²) < 4.78 is 16.1. The molecule has 98 valence electrons. The molecule has 0 aliphatic carbocycles. The van der Waals surface area contributed by atoms with E-state index in [0.717, 1.165) is 24.0 Å². The van der Waals surface area contributed by atoms with Crippen molar-refractivity contribution in [2.75, 3.05) is 13.6 Å². The van der Waals surface area contributed by atoms with E-state index in [0.29, 0.717) is 12.0 Å². The van der Waals surface area contributed by atoms with Gasteiger partial charge in [-0.3, -0.25) is 4.90 Å². The monoisotopic (exact) mass is 256 g/mol. The molecule has 3 heteroatoms. The Morgan fingerprint density at radius 3 is 2.95 bits per heavy atom. The minimum Gasteiger partial charge on any atom is -0.342 e. The molecule has 2 aromatic rings. The molecule has 19 heavy (non-hydrogen) atoms. The number of para-hydroxylation sites is 1. The zero-order valence-corrected chi connectivity index (χ0v) is 11.2. The first-order chi connectivity index (χ1) is 9.15. The highest BCUT2D eigenvalue weighted by molar-refractivity contribution is 5.95. The molecular formula is C16H17FN2. The summed E-state index contributed by atoms with van der Waals surface area (Å²) in [6.07, 6.45) is 4.02. The van der Waals surface area contributed by atoms with Gasteiger partial charge >= 0.3 is 0 Å². The molecule has 4 rings (SSSR count). The van der Waals surface area contributed by atoms with Crippen LogP contribution in [0.4, 0.5) is 4.39 Å². The number of nitrogens with zero attached hydrogens (tertiary/aromatic N) is 2. The van der Waals surface area contributed by atoms with Crippen LogP contribution in [-0.2, 0) is 6.54 Å². The fourth-order valence-corrected chi connectivity index (χ4v) is 3.68. The highest BCUT2D eigenvalue weighted by Crippen LogP contribution is 2.39. The van der Waals surface area contributed by atoms with E-state index in [4.69, 9.17) is 0 Å². The van der Waals surface area contributed by atoms with Crippen molar-refractivity contribution < 1.29 is 4.39 Å². The zero-order valence-electron chi connectivity index (χ0n) is 11.2. The van der Waals surface area contributed by atoms with Crippen molar-refractivity contribution in [3.05, 3.63) is 41.9 Å². The summed E-state index contributed by atoms with van der Waals surface area (Å²) in [6, 6.07) is 6.35. The van der Waals surface area contributed by atoms with Crippen LogP contribution in [0.2, 0.25) is 0 Å². The third-order valence-electron chi connectivity index (χ3n) is 4.46. The van der Waals surface area contributed by atoms with Gasteiger partial charge in [0.1, 0.15) is 5.82 Å². The number of fused-ring (bicyclic) bond motifs is 2. The van der Waals surface area contributed by atoms with E-state index in [9.17, 15) is 4.39 Å². The summed E-state index contributed by atoms with van der Waals surface area (Å²) in [4.78, 5) is 2.39. The van der Waals surface area contributed by atoms with Crippen LogP contribution in [0.3, 0.4) is 0 Å². The smallest absolute Gasteiger partial charge is 0.148 e. The Balaban J connectivity index is 2.04. The number of rotatable bonds is 0. The number of aromatic nitrogens is 1. The van der Waals surface area contributed by atoms with Crippen molar-refractivity contribution in [2.45, 2.75) is 19.5 Å². The minimum atomic E-state index is -0.105. The molecule has 0 amide bonds. The number of hydrogen-bond acceptors (Lipinski definition) is 1. The lowest BCUT2D eigenvalue weighted by molar-refractivity contribution is 0.234. The largest absolute Gasteiger partial charge is 0.342 e. The lowest BCUT2D eigenvalue weighted by atomic mass is 9.86. The predicted molar refractivity (Wildman–Crippen MR) is 75.5 cm³/mol. The molecule has 2 aliphatic heterocycles. The van der Waals surface area contributed by atoms with Gasteiger partial charge in [0.05, 0.1) is 11.6 Å². The van der Waals surface area contributed by atoms with Crippen LogP contribution in [0.1, 0.15) is 12.5 Å². The average Bonchev–Trinajstić information content (AvgIpc) is 2.70. The molecule has 0 N–H and O–H groups in total. The van der Waals surface area contributed by atoms with Crippen LogP contribution in [-0.4, -0.2) is 29.1 Å². The molecule has 1 aromatic carbocycles. The number of hydrogen-bond donors (Lipinski definition) is 0. The first-order valence-electron chi connectivity index (χ1n) is 6.85. The van der Waals surface area contributed by atoms with Gasteiger partial charge in [0.2, 0.25) is 0 Å². The van der Waals surface area contributed by atoms with E-state index in [-0.39, 0.29) is 5.82 Å². The Hall–Kier alpha value is -1.61. The first kappa shape index (κ1) is 11.2. The van der Waals surface area contributed by atoms with Crippen molar-refractivity contribution in [3.63, 3.8) is 0 Å². The third-order valence-corrected chi connectivity index (χ3v) is 4.46. The van der Waals surface area contributed by atoms with Crippen LogP contribution < -0.4 is 0 Å². The Morgan fingerprint density at radius 1 is 1.26 bits per heavy atom. The number of benzene rings is 1. The van der Waals surface area contributed by atoms with E-state index >= 15 is 0 Å². The molecule has 0 saturated heterocycles. The molecular weight excluding hydrogens is 239 g/mol. The van der Waals surface area contributed by atoms with E-state index < -0.39 is 0 Å². The van der Waals surface area contributed by atoms with Crippen molar-refractivity contribution in [2.24, 2.45) is 5.92 Å². The summed E-state index contributed by atoms with van der Waals surface area (Å²) >= 11 is 0. The molecule has 0 radical (unpaired) electrons. The lowest BCUT2D eigenvalue weighted by Crippen LogP contribution is -2.43. The van der Waals surface area contributed by atoms with Crippen LogP contribution in [0.5, 0.6) is 0 Å². The summed E-state index contributed by atoms with van der Waals surface area (Å²) in [5.74, 6) is 0.449. The van der Waals surface area contributed by atoms with Crippen molar-refractivity contribution >= 4 is 16.5 Å². The minimum absolute atomic E-state index is 0.105. The fourth-order valence-electron chi connectivity index (χ4n) is 3.68. The summed E-state index contributed by atoms with van der Waals surface area (Å²) in [6.45, 7) is 4.17. The van der Waals surface area contributed by atoms with E-state index in [1.54, 1.807) is 6.20 Å². The number of likely N-dealkylation sites (N-methyl/N-ethyl adjacent to an activating group) is 1. The molecule has 0 saturated carbocycles. The Morgan fingerprint density at radius 2 is 2.11 bits per heavy atom. The maximum atomic E-state index is 14.0. The maximum absolute atomic E-state index is 14.0. The highest BCUT2D eigenvalue weighted by atomic mass is 19.1. The maximum Gasteiger partial charge on any atom is 0.148 e. The van der Waals surface area contributed by atoms with Crippen molar-refractivity contribution in [1.82, 2.24) is 9.47 Å². The standard InChI is InChI=1S/C16H17FN2/c1-10-6-13-11-4-3-5-12-14(17)8-19(16(11)12)9-15(13)18(2)7-10/h3-6,8,10,15H,7,9H2,1-2H3/t10-,15-/m1/s1. The second-order valence-electron chi connectivity index (χ2n) is 5.89. The number of halogens is 1. The average molecular weight is 256 g/mol. The molecule has 1 aromatic heterocycles. The quantitative estimate of drug-likeness (QED) is 0.703. The van der Waals surface area contributed by atoms with Gasteiger partial charge in [-0.2, -0.15) is 0 Å². The van der Waals surface area contributed by atoms with Gasteiger partial charge in [0.15, 0.2) is 0 Å². The van der Waals surface area contributed by atoms with E-state index in [1.807, 2.05) is 12.1 Å². The summed E-state index contributed by atoms with van der Waals surface area (Å²) in [7, 11) is 2.17. The van der Waals surface area contributed by atoms with Gasteiger partial charge < -0.3 is 4.57 Å². The first-order valence-corrected chi connectivity index (χ1v) is 6.85. The predicted octanol–water partition coefficient (Wildman–Crippen LogP) is 3.13.